The maximum Gasteiger partial charge on any atom is 0.249 e. The molecule has 0 saturated carbocycles. The molecule has 1 aromatic carbocycles. The first-order valence-electron chi connectivity index (χ1n) is 6.11. The van der Waals surface area contributed by atoms with Gasteiger partial charge in [0.05, 0.1) is 11.4 Å². The van der Waals surface area contributed by atoms with Crippen molar-refractivity contribution in [2.24, 2.45) is 0 Å². The summed E-state index contributed by atoms with van der Waals surface area (Å²) in [5, 5.41) is 6.70. The molecule has 1 aliphatic rings. The third kappa shape index (κ3) is 2.20. The highest BCUT2D eigenvalue weighted by molar-refractivity contribution is 6.09. The quantitative estimate of drug-likeness (QED) is 0.829. The maximum atomic E-state index is 12.3. The van der Waals surface area contributed by atoms with Gasteiger partial charge in [0, 0.05) is 6.20 Å². The van der Waals surface area contributed by atoms with E-state index < -0.39 is 0 Å². The van der Waals surface area contributed by atoms with Gasteiger partial charge >= 0.3 is 0 Å². The number of fused-ring (bicyclic) bond motifs is 1. The van der Waals surface area contributed by atoms with Crippen molar-refractivity contribution in [1.29, 1.82) is 0 Å². The number of carbonyl (C=O) groups is 2. The number of nitrogen functional groups attached to an aromatic ring is 1. The molecule has 2 aromatic rings. The normalized spacial score (nSPS) is 13.8. The molecule has 1 aliphatic heterocycles. The van der Waals surface area contributed by atoms with Crippen LogP contribution >= 0.6 is 0 Å². The van der Waals surface area contributed by atoms with E-state index >= 15 is 0 Å². The van der Waals surface area contributed by atoms with Crippen molar-refractivity contribution in [1.82, 2.24) is 9.78 Å². The number of hydrogen-bond donors (Lipinski definition) is 2. The van der Waals surface area contributed by atoms with Gasteiger partial charge < -0.3 is 11.1 Å². The van der Waals surface area contributed by atoms with Gasteiger partial charge in [0.2, 0.25) is 11.8 Å². The van der Waals surface area contributed by atoms with Crippen LogP contribution in [0.15, 0.2) is 36.5 Å². The molecule has 0 radical (unpaired) electrons. The van der Waals surface area contributed by atoms with Gasteiger partial charge in [-0.1, -0.05) is 12.1 Å². The van der Waals surface area contributed by atoms with Gasteiger partial charge in [0.25, 0.3) is 0 Å². The van der Waals surface area contributed by atoms with E-state index in [1.165, 1.54) is 9.58 Å². The van der Waals surface area contributed by atoms with Crippen molar-refractivity contribution in [2.45, 2.75) is 6.54 Å². The number of hydrogen-bond acceptors (Lipinski definition) is 4. The Balaban J connectivity index is 1.86. The van der Waals surface area contributed by atoms with Gasteiger partial charge in [-0.3, -0.25) is 19.2 Å². The summed E-state index contributed by atoms with van der Waals surface area (Å²) in [6.07, 6.45) is 1.63. The van der Waals surface area contributed by atoms with Gasteiger partial charge in [-0.2, -0.15) is 5.10 Å². The number of aromatic nitrogens is 2. The first kappa shape index (κ1) is 12.2. The molecule has 0 fully saturated rings. The van der Waals surface area contributed by atoms with Crippen LogP contribution in [0.2, 0.25) is 0 Å². The number of nitrogens with two attached hydrogens (primary N) is 1. The molecule has 0 spiro atoms. The summed E-state index contributed by atoms with van der Waals surface area (Å²) in [6.45, 7) is 0.0470. The standard InChI is InChI=1S/C13H13N5O2/c14-11-5-6-17(16-11)8-13(20)18-7-12(19)15-9-3-1-2-4-10(9)18/h1-6H,7-8H2,(H2,14,16)(H,15,19). The summed E-state index contributed by atoms with van der Waals surface area (Å²) in [4.78, 5) is 25.4. The second kappa shape index (κ2) is 4.69. The van der Waals surface area contributed by atoms with Gasteiger partial charge in [0.1, 0.15) is 18.9 Å². The number of amides is 2. The Morgan fingerprint density at radius 3 is 2.90 bits per heavy atom. The Morgan fingerprint density at radius 1 is 1.35 bits per heavy atom. The second-order valence-corrected chi connectivity index (χ2v) is 4.48. The van der Waals surface area contributed by atoms with Crippen LogP contribution in [0.5, 0.6) is 0 Å². The molecule has 7 heteroatoms. The van der Waals surface area contributed by atoms with Crippen molar-refractivity contribution >= 4 is 29.0 Å². The number of nitrogens with zero attached hydrogens (tertiary/aromatic N) is 3. The summed E-state index contributed by atoms with van der Waals surface area (Å²) in [5.41, 5.74) is 6.84. The lowest BCUT2D eigenvalue weighted by Crippen LogP contribution is -2.43. The molecule has 2 amide bonds. The largest absolute Gasteiger partial charge is 0.382 e. The van der Waals surface area contributed by atoms with Crippen LogP contribution in [0.3, 0.4) is 0 Å². The highest BCUT2D eigenvalue weighted by Crippen LogP contribution is 2.28. The monoisotopic (exact) mass is 271 g/mol. The average Bonchev–Trinajstić information content (AvgIpc) is 2.83. The molecule has 3 N–H and O–H groups in total. The van der Waals surface area contributed by atoms with E-state index in [9.17, 15) is 9.59 Å². The van der Waals surface area contributed by atoms with E-state index in [0.29, 0.717) is 17.2 Å². The summed E-state index contributed by atoms with van der Waals surface area (Å²) >= 11 is 0. The lowest BCUT2D eigenvalue weighted by Gasteiger charge is -2.29. The zero-order chi connectivity index (χ0) is 14.1. The molecule has 0 bridgehead atoms. The smallest absolute Gasteiger partial charge is 0.249 e. The van der Waals surface area contributed by atoms with Gasteiger partial charge in [-0.05, 0) is 18.2 Å². The van der Waals surface area contributed by atoms with E-state index in [2.05, 4.69) is 10.4 Å². The Kier molecular flexibility index (Phi) is 2.86. The van der Waals surface area contributed by atoms with Crippen LogP contribution in [0.4, 0.5) is 17.2 Å². The Labute approximate surface area is 115 Å². The molecule has 0 unspecified atom stereocenters. The SMILES string of the molecule is Nc1ccn(CC(=O)N2CC(=O)Nc3ccccc32)n1. The fraction of sp³-hybridized carbons (Fsp3) is 0.154. The molecule has 7 nitrogen and oxygen atoms in total. The second-order valence-electron chi connectivity index (χ2n) is 4.48. The zero-order valence-corrected chi connectivity index (χ0v) is 10.6. The average molecular weight is 271 g/mol. The molecular weight excluding hydrogens is 258 g/mol. The van der Waals surface area contributed by atoms with Crippen LogP contribution in [0.1, 0.15) is 0 Å². The molecule has 0 aliphatic carbocycles. The molecular formula is C13H13N5O2. The summed E-state index contributed by atoms with van der Waals surface area (Å²) in [7, 11) is 0. The van der Waals surface area contributed by atoms with Crippen molar-refractivity contribution in [3.8, 4) is 0 Å². The van der Waals surface area contributed by atoms with Gasteiger partial charge in [-0.25, -0.2) is 0 Å². The Morgan fingerprint density at radius 2 is 2.15 bits per heavy atom. The van der Waals surface area contributed by atoms with Crippen molar-refractivity contribution in [3.05, 3.63) is 36.5 Å². The zero-order valence-electron chi connectivity index (χ0n) is 10.6. The summed E-state index contributed by atoms with van der Waals surface area (Å²) < 4.78 is 1.45. The fourth-order valence-corrected chi connectivity index (χ4v) is 2.15. The molecule has 102 valence electrons. The topological polar surface area (TPSA) is 93.2 Å². The maximum absolute atomic E-state index is 12.3. The number of nitrogens with one attached hydrogen (secondary N) is 1. The van der Waals surface area contributed by atoms with Crippen molar-refractivity contribution in [3.63, 3.8) is 0 Å². The highest BCUT2D eigenvalue weighted by Gasteiger charge is 2.26. The fourth-order valence-electron chi connectivity index (χ4n) is 2.15. The van der Waals surface area contributed by atoms with E-state index in [4.69, 9.17) is 5.73 Å². The third-order valence-corrected chi connectivity index (χ3v) is 3.03. The molecule has 3 rings (SSSR count). The highest BCUT2D eigenvalue weighted by atomic mass is 16.2. The molecule has 0 saturated heterocycles. The van der Waals surface area contributed by atoms with E-state index in [1.54, 1.807) is 30.5 Å². The first-order chi connectivity index (χ1) is 9.63. The minimum atomic E-state index is -0.213. The summed E-state index contributed by atoms with van der Waals surface area (Å²) in [6, 6.07) is 8.80. The van der Waals surface area contributed by atoms with E-state index in [1.807, 2.05) is 6.07 Å². The number of carbonyl (C=O) groups excluding carboxylic acids is 2. The minimum absolute atomic E-state index is 0.00655. The Bertz CT molecular complexity index is 679. The first-order valence-corrected chi connectivity index (χ1v) is 6.11. The predicted molar refractivity (Wildman–Crippen MR) is 74.1 cm³/mol. The molecule has 20 heavy (non-hydrogen) atoms. The number of para-hydroxylation sites is 2. The summed E-state index contributed by atoms with van der Waals surface area (Å²) in [5.74, 6) is -0.0676. The number of anilines is 3. The number of rotatable bonds is 2. The van der Waals surface area contributed by atoms with Crippen LogP contribution in [0, 0.1) is 0 Å². The molecule has 1 aromatic heterocycles. The predicted octanol–water partition coefficient (Wildman–Crippen LogP) is 0.451. The molecule has 0 atom stereocenters. The Hall–Kier alpha value is -2.83. The van der Waals surface area contributed by atoms with Crippen LogP contribution in [-0.4, -0.2) is 28.1 Å². The van der Waals surface area contributed by atoms with E-state index in [0.717, 1.165) is 0 Å². The van der Waals surface area contributed by atoms with Gasteiger partial charge in [0.15, 0.2) is 0 Å². The minimum Gasteiger partial charge on any atom is -0.382 e. The van der Waals surface area contributed by atoms with E-state index in [-0.39, 0.29) is 24.9 Å². The van der Waals surface area contributed by atoms with Gasteiger partial charge in [-0.15, -0.1) is 0 Å². The van der Waals surface area contributed by atoms with Crippen LogP contribution in [0.25, 0.3) is 0 Å². The van der Waals surface area contributed by atoms with Crippen LogP contribution in [-0.2, 0) is 16.1 Å². The number of benzene rings is 1. The molecule has 2 heterocycles. The van der Waals surface area contributed by atoms with Crippen LogP contribution < -0.4 is 16.0 Å². The lowest BCUT2D eigenvalue weighted by molar-refractivity contribution is -0.122. The lowest BCUT2D eigenvalue weighted by atomic mass is 10.2. The van der Waals surface area contributed by atoms with Crippen molar-refractivity contribution in [2.75, 3.05) is 22.5 Å². The third-order valence-electron chi connectivity index (χ3n) is 3.03. The van der Waals surface area contributed by atoms with Crippen molar-refractivity contribution < 1.29 is 9.59 Å².